The third kappa shape index (κ3) is 3.33. The fourth-order valence-electron chi connectivity index (χ4n) is 3.78. The number of halogens is 3. The molecule has 7 nitrogen and oxygen atoms in total. The molecule has 162 valence electrons. The maximum absolute atomic E-state index is 13.1. The number of nitrogens with zero attached hydrogens (tertiary/aromatic N) is 6. The number of aromatic nitrogens is 6. The first-order chi connectivity index (χ1) is 15.3. The zero-order chi connectivity index (χ0) is 22.5. The van der Waals surface area contributed by atoms with Gasteiger partial charge in [0.25, 0.3) is 0 Å². The van der Waals surface area contributed by atoms with Gasteiger partial charge in [-0.25, -0.2) is 15.0 Å². The van der Waals surface area contributed by atoms with Crippen molar-refractivity contribution in [3.63, 3.8) is 0 Å². The van der Waals surface area contributed by atoms with E-state index >= 15 is 0 Å². The highest BCUT2D eigenvalue weighted by Gasteiger charge is 2.30. The van der Waals surface area contributed by atoms with Crippen molar-refractivity contribution in [3.05, 3.63) is 72.1 Å². The number of aryl methyl sites for hydroxylation is 1. The van der Waals surface area contributed by atoms with Crippen molar-refractivity contribution in [2.24, 2.45) is 0 Å². The van der Waals surface area contributed by atoms with E-state index in [1.54, 1.807) is 19.2 Å². The van der Waals surface area contributed by atoms with Crippen LogP contribution in [0.4, 0.5) is 13.2 Å². The summed E-state index contributed by atoms with van der Waals surface area (Å²) in [5, 5.41) is 0. The average molecular weight is 438 g/mol. The summed E-state index contributed by atoms with van der Waals surface area (Å²) in [7, 11) is 1.54. The molecule has 0 atom stereocenters. The minimum absolute atomic E-state index is 0.232. The van der Waals surface area contributed by atoms with Crippen molar-refractivity contribution >= 4 is 22.2 Å². The van der Waals surface area contributed by atoms with Crippen molar-refractivity contribution in [1.82, 2.24) is 29.1 Å². The van der Waals surface area contributed by atoms with Crippen LogP contribution in [-0.2, 0) is 12.7 Å². The van der Waals surface area contributed by atoms with E-state index in [0.29, 0.717) is 39.5 Å². The van der Waals surface area contributed by atoms with Crippen molar-refractivity contribution in [3.8, 4) is 11.6 Å². The molecule has 0 radical (unpaired) electrons. The van der Waals surface area contributed by atoms with Gasteiger partial charge in [0.15, 0.2) is 5.65 Å². The summed E-state index contributed by atoms with van der Waals surface area (Å²) >= 11 is 0. The van der Waals surface area contributed by atoms with Crippen molar-refractivity contribution < 1.29 is 17.9 Å². The third-order valence-corrected chi connectivity index (χ3v) is 5.29. The number of ether oxygens (including phenoxy) is 1. The van der Waals surface area contributed by atoms with E-state index in [1.165, 1.54) is 19.5 Å². The van der Waals surface area contributed by atoms with Crippen LogP contribution in [0, 0.1) is 6.92 Å². The normalized spacial score (nSPS) is 12.0. The Hall–Kier alpha value is -3.95. The zero-order valence-electron chi connectivity index (χ0n) is 17.1. The summed E-state index contributed by atoms with van der Waals surface area (Å²) in [5.74, 6) is 1.08. The molecule has 0 N–H and O–H groups in total. The summed E-state index contributed by atoms with van der Waals surface area (Å²) in [5.41, 5.74) is 3.19. The molecule has 5 rings (SSSR count). The van der Waals surface area contributed by atoms with Crippen LogP contribution < -0.4 is 4.74 Å². The Balaban J connectivity index is 1.61. The average Bonchev–Trinajstić information content (AvgIpc) is 3.34. The van der Waals surface area contributed by atoms with Crippen molar-refractivity contribution in [2.45, 2.75) is 19.6 Å². The standard InChI is InChI=1S/C22H17F3N6O/c1-13-29-20-18(31(13)11-14-4-3-5-15(8-14)22(23,24)25)9-16(10-26-20)30-7-6-17-19(30)21(32-2)28-12-27-17/h3-10,12H,11H2,1-2H3. The fourth-order valence-corrected chi connectivity index (χ4v) is 3.78. The second kappa shape index (κ2) is 7.33. The smallest absolute Gasteiger partial charge is 0.416 e. The van der Waals surface area contributed by atoms with E-state index in [0.717, 1.165) is 17.8 Å². The van der Waals surface area contributed by atoms with Gasteiger partial charge in [-0.3, -0.25) is 0 Å². The maximum atomic E-state index is 13.1. The van der Waals surface area contributed by atoms with Crippen LogP contribution in [0.15, 0.2) is 55.1 Å². The quantitative estimate of drug-likeness (QED) is 0.412. The second-order valence-corrected chi connectivity index (χ2v) is 7.28. The monoisotopic (exact) mass is 438 g/mol. The zero-order valence-corrected chi connectivity index (χ0v) is 17.1. The van der Waals surface area contributed by atoms with Crippen LogP contribution in [0.1, 0.15) is 17.0 Å². The maximum Gasteiger partial charge on any atom is 0.416 e. The number of benzene rings is 1. The Morgan fingerprint density at radius 2 is 1.91 bits per heavy atom. The van der Waals surface area contributed by atoms with Gasteiger partial charge in [0.1, 0.15) is 17.7 Å². The molecular weight excluding hydrogens is 421 g/mol. The molecule has 0 aliphatic heterocycles. The molecule has 0 saturated heterocycles. The molecule has 0 fully saturated rings. The van der Waals surface area contributed by atoms with Gasteiger partial charge in [0.2, 0.25) is 5.88 Å². The molecule has 0 aliphatic rings. The molecule has 5 aromatic rings. The van der Waals surface area contributed by atoms with Gasteiger partial charge in [-0.05, 0) is 36.8 Å². The fraction of sp³-hybridized carbons (Fsp3) is 0.182. The van der Waals surface area contributed by atoms with Crippen LogP contribution in [0.25, 0.3) is 27.9 Å². The van der Waals surface area contributed by atoms with Gasteiger partial charge in [0, 0.05) is 12.7 Å². The van der Waals surface area contributed by atoms with Gasteiger partial charge < -0.3 is 13.9 Å². The highest BCUT2D eigenvalue weighted by atomic mass is 19.4. The molecule has 10 heteroatoms. The van der Waals surface area contributed by atoms with Crippen molar-refractivity contribution in [2.75, 3.05) is 7.11 Å². The Morgan fingerprint density at radius 1 is 1.06 bits per heavy atom. The topological polar surface area (TPSA) is 70.7 Å². The molecular formula is C22H17F3N6O. The molecule has 0 bridgehead atoms. The molecule has 0 unspecified atom stereocenters. The number of hydrogen-bond donors (Lipinski definition) is 0. The van der Waals surface area contributed by atoms with E-state index in [9.17, 15) is 13.2 Å². The highest BCUT2D eigenvalue weighted by Crippen LogP contribution is 2.30. The SMILES string of the molecule is COc1ncnc2ccn(-c3cnc4nc(C)n(Cc5cccc(C(F)(F)F)c5)c4c3)c12. The van der Waals surface area contributed by atoms with Crippen LogP contribution in [-0.4, -0.2) is 36.2 Å². The first-order valence-electron chi connectivity index (χ1n) is 9.70. The Bertz CT molecular complexity index is 1450. The Morgan fingerprint density at radius 3 is 2.69 bits per heavy atom. The summed E-state index contributed by atoms with van der Waals surface area (Å²) in [6.07, 6.45) is 0.550. The number of hydrogen-bond acceptors (Lipinski definition) is 5. The lowest BCUT2D eigenvalue weighted by Crippen LogP contribution is -2.07. The summed E-state index contributed by atoms with van der Waals surface area (Å²) < 4.78 is 48.5. The lowest BCUT2D eigenvalue weighted by molar-refractivity contribution is -0.137. The molecule has 4 aromatic heterocycles. The number of fused-ring (bicyclic) bond motifs is 2. The molecule has 0 aliphatic carbocycles. The minimum atomic E-state index is -4.40. The van der Waals surface area contributed by atoms with Crippen LogP contribution in [0.5, 0.6) is 5.88 Å². The second-order valence-electron chi connectivity index (χ2n) is 7.28. The van der Waals surface area contributed by atoms with Crippen molar-refractivity contribution in [1.29, 1.82) is 0 Å². The number of pyridine rings is 1. The third-order valence-electron chi connectivity index (χ3n) is 5.29. The molecule has 4 heterocycles. The molecule has 0 saturated carbocycles. The van der Waals surface area contributed by atoms with Crippen LogP contribution >= 0.6 is 0 Å². The van der Waals surface area contributed by atoms with Gasteiger partial charge in [-0.1, -0.05) is 12.1 Å². The largest absolute Gasteiger partial charge is 0.479 e. The van der Waals surface area contributed by atoms with Gasteiger partial charge >= 0.3 is 6.18 Å². The van der Waals surface area contributed by atoms with Crippen LogP contribution in [0.3, 0.4) is 0 Å². The minimum Gasteiger partial charge on any atom is -0.479 e. The first kappa shape index (κ1) is 20.0. The predicted octanol–water partition coefficient (Wildman–Crippen LogP) is 4.55. The number of methoxy groups -OCH3 is 1. The van der Waals surface area contributed by atoms with E-state index in [1.807, 2.05) is 27.5 Å². The predicted molar refractivity (Wildman–Crippen MR) is 112 cm³/mol. The number of rotatable bonds is 4. The Kier molecular flexibility index (Phi) is 4.58. The number of alkyl halides is 3. The molecule has 0 spiro atoms. The van der Waals surface area contributed by atoms with Gasteiger partial charge in [0.05, 0.1) is 35.6 Å². The van der Waals surface area contributed by atoms with E-state index < -0.39 is 11.7 Å². The molecule has 0 amide bonds. The van der Waals surface area contributed by atoms with Gasteiger partial charge in [-0.15, -0.1) is 0 Å². The van der Waals surface area contributed by atoms with E-state index in [-0.39, 0.29) is 6.54 Å². The van der Waals surface area contributed by atoms with E-state index in [4.69, 9.17) is 4.74 Å². The van der Waals surface area contributed by atoms with E-state index in [2.05, 4.69) is 19.9 Å². The van der Waals surface area contributed by atoms with Crippen LogP contribution in [0.2, 0.25) is 0 Å². The number of imidazole rings is 1. The van der Waals surface area contributed by atoms with Gasteiger partial charge in [-0.2, -0.15) is 18.2 Å². The molecule has 32 heavy (non-hydrogen) atoms. The first-order valence-corrected chi connectivity index (χ1v) is 9.70. The lowest BCUT2D eigenvalue weighted by Gasteiger charge is -2.12. The summed E-state index contributed by atoms with van der Waals surface area (Å²) in [6.45, 7) is 2.03. The lowest BCUT2D eigenvalue weighted by atomic mass is 10.1. The highest BCUT2D eigenvalue weighted by molar-refractivity contribution is 5.83. The summed E-state index contributed by atoms with van der Waals surface area (Å²) in [6, 6.07) is 9.03. The Labute approximate surface area is 180 Å². The molecule has 1 aromatic carbocycles. The summed E-state index contributed by atoms with van der Waals surface area (Å²) in [4.78, 5) is 17.4.